The normalized spacial score (nSPS) is 12.7. The highest BCUT2D eigenvalue weighted by atomic mass is 35.5. The maximum Gasteiger partial charge on any atom is 0.105 e. The average molecular weight is 327 g/mol. The molecule has 1 aromatic carbocycles. The van der Waals surface area contributed by atoms with Crippen LogP contribution in [0.2, 0.25) is 0 Å². The highest BCUT2D eigenvalue weighted by molar-refractivity contribution is 5.85. The first-order valence-electron chi connectivity index (χ1n) is 7.71. The maximum absolute atomic E-state index is 4.25. The van der Waals surface area contributed by atoms with Crippen molar-refractivity contribution in [3.63, 3.8) is 0 Å². The van der Waals surface area contributed by atoms with Crippen molar-refractivity contribution in [3.05, 3.63) is 65.5 Å². The van der Waals surface area contributed by atoms with Gasteiger partial charge in [0.25, 0.3) is 0 Å². The molecule has 4 rings (SSSR count). The zero-order valence-electron chi connectivity index (χ0n) is 13.1. The predicted molar refractivity (Wildman–Crippen MR) is 92.8 cm³/mol. The summed E-state index contributed by atoms with van der Waals surface area (Å²) in [6.45, 7) is 2.70. The van der Waals surface area contributed by atoms with E-state index in [1.165, 1.54) is 36.0 Å². The molecule has 0 saturated carbocycles. The summed E-state index contributed by atoms with van der Waals surface area (Å²) < 4.78 is 2.08. The molecule has 0 amide bonds. The summed E-state index contributed by atoms with van der Waals surface area (Å²) in [5.41, 5.74) is 6.32. The van der Waals surface area contributed by atoms with Crippen molar-refractivity contribution in [2.45, 2.75) is 32.7 Å². The van der Waals surface area contributed by atoms with Crippen LogP contribution in [-0.4, -0.2) is 19.7 Å². The number of hydrogen-bond acceptors (Lipinski definition) is 3. The summed E-state index contributed by atoms with van der Waals surface area (Å²) in [6, 6.07) is 8.90. The van der Waals surface area contributed by atoms with Crippen molar-refractivity contribution in [1.82, 2.24) is 19.7 Å². The van der Waals surface area contributed by atoms with Crippen molar-refractivity contribution in [3.8, 4) is 11.1 Å². The van der Waals surface area contributed by atoms with Crippen LogP contribution in [0.15, 0.2) is 42.9 Å². The van der Waals surface area contributed by atoms with Crippen LogP contribution in [0.5, 0.6) is 0 Å². The molecule has 0 saturated heterocycles. The van der Waals surface area contributed by atoms with Crippen LogP contribution in [0.25, 0.3) is 11.1 Å². The van der Waals surface area contributed by atoms with Crippen molar-refractivity contribution in [2.24, 2.45) is 0 Å². The molecule has 0 radical (unpaired) electrons. The maximum atomic E-state index is 4.25. The van der Waals surface area contributed by atoms with Crippen molar-refractivity contribution in [2.75, 3.05) is 0 Å². The molecular weight excluding hydrogens is 308 g/mol. The van der Waals surface area contributed by atoms with E-state index in [1.54, 1.807) is 0 Å². The lowest BCUT2D eigenvalue weighted by atomic mass is 10.0. The van der Waals surface area contributed by atoms with E-state index in [9.17, 15) is 0 Å². The van der Waals surface area contributed by atoms with Crippen LogP contribution in [-0.2, 0) is 19.4 Å². The van der Waals surface area contributed by atoms with Gasteiger partial charge in [-0.1, -0.05) is 18.2 Å². The second-order valence-corrected chi connectivity index (χ2v) is 5.87. The third-order valence-electron chi connectivity index (χ3n) is 4.39. The molecule has 2 heterocycles. The Labute approximate surface area is 142 Å². The third kappa shape index (κ3) is 3.13. The van der Waals surface area contributed by atoms with E-state index in [0.29, 0.717) is 6.54 Å². The Bertz CT molecular complexity index is 825. The predicted octanol–water partition coefficient (Wildman–Crippen LogP) is 3.61. The summed E-state index contributed by atoms with van der Waals surface area (Å²) in [5, 5.41) is 8.44. The summed E-state index contributed by atoms with van der Waals surface area (Å²) in [6.07, 6.45) is 9.32. The van der Waals surface area contributed by atoms with Gasteiger partial charge in [-0.2, -0.15) is 10.2 Å². The monoisotopic (exact) mass is 326 g/mol. The zero-order chi connectivity index (χ0) is 14.9. The molecule has 4 nitrogen and oxygen atoms in total. The van der Waals surface area contributed by atoms with Crippen LogP contribution in [0, 0.1) is 6.92 Å². The first-order chi connectivity index (χ1) is 10.8. The quantitative estimate of drug-likeness (QED) is 0.738. The van der Waals surface area contributed by atoms with Crippen LogP contribution in [0.1, 0.15) is 29.1 Å². The molecule has 0 bridgehead atoms. The lowest BCUT2D eigenvalue weighted by molar-refractivity contribution is 0.727. The van der Waals surface area contributed by atoms with E-state index >= 15 is 0 Å². The Morgan fingerprint density at radius 3 is 2.78 bits per heavy atom. The molecule has 118 valence electrons. The Morgan fingerprint density at radius 2 is 1.96 bits per heavy atom. The van der Waals surface area contributed by atoms with Gasteiger partial charge in [-0.3, -0.25) is 0 Å². The average Bonchev–Trinajstić information content (AvgIpc) is 3.16. The molecule has 0 aliphatic heterocycles. The number of fused-ring (bicyclic) bond motifs is 1. The fourth-order valence-corrected chi connectivity index (χ4v) is 3.14. The molecule has 0 spiro atoms. The minimum absolute atomic E-state index is 0. The molecule has 5 heteroatoms. The first kappa shape index (κ1) is 15.7. The van der Waals surface area contributed by atoms with E-state index in [1.807, 2.05) is 25.5 Å². The standard InChI is InChI=1S/C18H18N4.ClH/c1-13-19-7-8-22(13)12-18-10-17(11-20-21-18)16-6-5-14-3-2-4-15(14)9-16;/h5-11H,2-4,12H2,1H3;1H. The van der Waals surface area contributed by atoms with Crippen LogP contribution in [0.4, 0.5) is 0 Å². The van der Waals surface area contributed by atoms with Gasteiger partial charge in [-0.15, -0.1) is 12.4 Å². The fourth-order valence-electron chi connectivity index (χ4n) is 3.14. The van der Waals surface area contributed by atoms with E-state index in [-0.39, 0.29) is 12.4 Å². The summed E-state index contributed by atoms with van der Waals surface area (Å²) in [4.78, 5) is 4.25. The molecule has 1 aliphatic carbocycles. The van der Waals surface area contributed by atoms with E-state index in [4.69, 9.17) is 0 Å². The molecule has 23 heavy (non-hydrogen) atoms. The second-order valence-electron chi connectivity index (χ2n) is 5.87. The van der Waals surface area contributed by atoms with Gasteiger partial charge < -0.3 is 4.57 Å². The first-order valence-corrected chi connectivity index (χ1v) is 7.71. The van der Waals surface area contributed by atoms with Crippen LogP contribution < -0.4 is 0 Å². The SMILES string of the molecule is Cc1nccn1Cc1cc(-c2ccc3c(c2)CCC3)cnn1.Cl. The van der Waals surface area contributed by atoms with Gasteiger partial charge in [0, 0.05) is 18.0 Å². The molecule has 2 aromatic heterocycles. The number of rotatable bonds is 3. The van der Waals surface area contributed by atoms with E-state index in [0.717, 1.165) is 17.1 Å². The Kier molecular flexibility index (Phi) is 4.44. The highest BCUT2D eigenvalue weighted by Crippen LogP contribution is 2.27. The summed E-state index contributed by atoms with van der Waals surface area (Å²) >= 11 is 0. The smallest absolute Gasteiger partial charge is 0.105 e. The number of hydrogen-bond donors (Lipinski definition) is 0. The number of benzene rings is 1. The van der Waals surface area contributed by atoms with Gasteiger partial charge in [-0.05, 0) is 48.9 Å². The van der Waals surface area contributed by atoms with Gasteiger partial charge in [-0.25, -0.2) is 4.98 Å². The topological polar surface area (TPSA) is 43.6 Å². The second kappa shape index (κ2) is 6.50. The van der Waals surface area contributed by atoms with Crippen molar-refractivity contribution < 1.29 is 0 Å². The number of aromatic nitrogens is 4. The van der Waals surface area contributed by atoms with Crippen LogP contribution >= 0.6 is 12.4 Å². The molecule has 0 unspecified atom stereocenters. The highest BCUT2D eigenvalue weighted by Gasteiger charge is 2.12. The minimum atomic E-state index is 0. The van der Waals surface area contributed by atoms with Crippen LogP contribution in [0.3, 0.4) is 0 Å². The third-order valence-corrected chi connectivity index (χ3v) is 4.39. The molecule has 0 fully saturated rings. The number of aryl methyl sites for hydroxylation is 3. The van der Waals surface area contributed by atoms with Crippen molar-refractivity contribution >= 4 is 12.4 Å². The zero-order valence-corrected chi connectivity index (χ0v) is 13.9. The van der Waals surface area contributed by atoms with Gasteiger partial charge in [0.2, 0.25) is 0 Å². The lowest BCUT2D eigenvalue weighted by Gasteiger charge is -2.08. The molecule has 3 aromatic rings. The Balaban J connectivity index is 0.00000156. The molecule has 0 N–H and O–H groups in total. The largest absolute Gasteiger partial charge is 0.329 e. The molecule has 0 atom stereocenters. The van der Waals surface area contributed by atoms with Crippen molar-refractivity contribution in [1.29, 1.82) is 0 Å². The van der Waals surface area contributed by atoms with Gasteiger partial charge in [0.05, 0.1) is 18.4 Å². The molecule has 1 aliphatic rings. The number of halogens is 1. The minimum Gasteiger partial charge on any atom is -0.329 e. The molecular formula is C18H19ClN4. The fraction of sp³-hybridized carbons (Fsp3) is 0.278. The van der Waals surface area contributed by atoms with Gasteiger partial charge in [0.1, 0.15) is 5.82 Å². The number of imidazole rings is 1. The number of nitrogens with zero attached hydrogens (tertiary/aromatic N) is 4. The summed E-state index contributed by atoms with van der Waals surface area (Å²) in [7, 11) is 0. The summed E-state index contributed by atoms with van der Waals surface area (Å²) in [5.74, 6) is 0.990. The Hall–Kier alpha value is -2.20. The lowest BCUT2D eigenvalue weighted by Crippen LogP contribution is -2.04. The van der Waals surface area contributed by atoms with E-state index < -0.39 is 0 Å². The van der Waals surface area contributed by atoms with Gasteiger partial charge in [0.15, 0.2) is 0 Å². The van der Waals surface area contributed by atoms with Gasteiger partial charge >= 0.3 is 0 Å². The van der Waals surface area contributed by atoms with E-state index in [2.05, 4.69) is 44.0 Å². The Morgan fingerprint density at radius 1 is 1.09 bits per heavy atom.